The fourth-order valence-electron chi connectivity index (χ4n) is 2.72. The molecule has 0 amide bonds. The number of benzene rings is 1. The Hall–Kier alpha value is -2.41. The van der Waals surface area contributed by atoms with Crippen molar-refractivity contribution in [2.75, 3.05) is 13.7 Å². The van der Waals surface area contributed by atoms with E-state index in [4.69, 9.17) is 14.9 Å². The monoisotopic (exact) mass is 334 g/mol. The van der Waals surface area contributed by atoms with Crippen LogP contribution in [0.3, 0.4) is 0 Å². The summed E-state index contributed by atoms with van der Waals surface area (Å²) in [4.78, 5) is 28.5. The van der Waals surface area contributed by atoms with Crippen LogP contribution in [0.1, 0.15) is 32.4 Å². The van der Waals surface area contributed by atoms with Gasteiger partial charge < -0.3 is 14.9 Å². The van der Waals surface area contributed by atoms with Crippen LogP contribution in [0.5, 0.6) is 5.75 Å². The van der Waals surface area contributed by atoms with Crippen molar-refractivity contribution in [3.05, 3.63) is 34.2 Å². The summed E-state index contributed by atoms with van der Waals surface area (Å²) in [6.07, 6.45) is 1.11. The van der Waals surface area contributed by atoms with Crippen LogP contribution in [0, 0.1) is 0 Å². The molecule has 1 heterocycles. The summed E-state index contributed by atoms with van der Waals surface area (Å²) in [5.74, 6) is -0.582. The number of hydrogen-bond acceptors (Lipinski definition) is 5. The lowest BCUT2D eigenvalue weighted by Crippen LogP contribution is -2.35. The number of carboxylic acid groups (broad SMARTS) is 1. The Morgan fingerprint density at radius 3 is 2.67 bits per heavy atom. The molecule has 0 bridgehead atoms. The Balaban J connectivity index is 2.72. The van der Waals surface area contributed by atoms with Gasteiger partial charge in [-0.05, 0) is 25.0 Å². The van der Waals surface area contributed by atoms with Crippen molar-refractivity contribution < 1.29 is 19.7 Å². The summed E-state index contributed by atoms with van der Waals surface area (Å²) in [5.41, 5.74) is 0.247. The van der Waals surface area contributed by atoms with Crippen molar-refractivity contribution >= 4 is 17.0 Å². The minimum atomic E-state index is -1.11. The van der Waals surface area contributed by atoms with E-state index < -0.39 is 23.5 Å². The zero-order valence-electron chi connectivity index (χ0n) is 14.1. The van der Waals surface area contributed by atoms with Crippen LogP contribution in [0.15, 0.2) is 23.0 Å². The lowest BCUT2D eigenvalue weighted by atomic mass is 9.84. The first kappa shape index (κ1) is 17.9. The summed E-state index contributed by atoms with van der Waals surface area (Å²) in [7, 11) is 1.50. The maximum Gasteiger partial charge on any atom is 0.323 e. The van der Waals surface area contributed by atoms with Crippen molar-refractivity contribution in [2.45, 2.75) is 38.6 Å². The molecule has 0 fully saturated rings. The molecule has 7 nitrogen and oxygen atoms in total. The highest BCUT2D eigenvalue weighted by molar-refractivity contribution is 5.78. The molecule has 2 aromatic rings. The zero-order chi connectivity index (χ0) is 17.9. The van der Waals surface area contributed by atoms with Crippen molar-refractivity contribution in [3.8, 4) is 5.75 Å². The lowest BCUT2D eigenvalue weighted by molar-refractivity contribution is -0.137. The Morgan fingerprint density at radius 1 is 1.38 bits per heavy atom. The smallest absolute Gasteiger partial charge is 0.323 e. The molecule has 0 saturated carbocycles. The normalized spacial score (nSPS) is 11.7. The molecule has 0 aliphatic carbocycles. The number of methoxy groups -OCH3 is 1. The average molecular weight is 334 g/mol. The highest BCUT2D eigenvalue weighted by Crippen LogP contribution is 2.27. The summed E-state index contributed by atoms with van der Waals surface area (Å²) in [5, 5.41) is 18.2. The van der Waals surface area contributed by atoms with Crippen LogP contribution >= 0.6 is 0 Å². The van der Waals surface area contributed by atoms with Crippen LogP contribution in [0.25, 0.3) is 11.0 Å². The minimum Gasteiger partial charge on any atom is -0.497 e. The molecule has 0 aliphatic heterocycles. The second-order valence-corrected chi connectivity index (χ2v) is 6.31. The number of aliphatic hydroxyl groups is 1. The number of carboxylic acids is 1. The fraction of sp³-hybridized carbons (Fsp3) is 0.471. The van der Waals surface area contributed by atoms with E-state index in [0.29, 0.717) is 35.3 Å². The topological polar surface area (TPSA) is 102 Å². The molecule has 130 valence electrons. The Bertz CT molecular complexity index is 810. The second-order valence-electron chi connectivity index (χ2n) is 6.31. The molecule has 24 heavy (non-hydrogen) atoms. The number of aliphatic carboxylic acids is 1. The number of carbonyl (C=O) groups is 1. The third-order valence-electron chi connectivity index (χ3n) is 4.05. The van der Waals surface area contributed by atoms with Crippen LogP contribution in [0.2, 0.25) is 0 Å². The van der Waals surface area contributed by atoms with Gasteiger partial charge in [0.15, 0.2) is 0 Å². The SMILES string of the molecule is COc1ccc2nc(C(C)(C)CCCO)c(=O)n(CC(=O)O)c2c1. The Kier molecular flexibility index (Phi) is 5.23. The molecule has 2 N–H and O–H groups in total. The van der Waals surface area contributed by atoms with Gasteiger partial charge in [0.1, 0.15) is 18.0 Å². The molecule has 0 atom stereocenters. The molecule has 0 aliphatic rings. The second kappa shape index (κ2) is 7.00. The molecule has 0 spiro atoms. The van der Waals surface area contributed by atoms with Gasteiger partial charge in [-0.15, -0.1) is 0 Å². The molecule has 7 heteroatoms. The molecular weight excluding hydrogens is 312 g/mol. The first-order chi connectivity index (χ1) is 11.3. The molecule has 0 saturated heterocycles. The fourth-order valence-corrected chi connectivity index (χ4v) is 2.72. The first-order valence-electron chi connectivity index (χ1n) is 7.72. The van der Waals surface area contributed by atoms with E-state index in [1.165, 1.54) is 11.7 Å². The summed E-state index contributed by atoms with van der Waals surface area (Å²) in [6, 6.07) is 5.03. The molecule has 1 aromatic carbocycles. The summed E-state index contributed by atoms with van der Waals surface area (Å²) >= 11 is 0. The van der Waals surface area contributed by atoms with Crippen LogP contribution in [0.4, 0.5) is 0 Å². The number of hydrogen-bond donors (Lipinski definition) is 2. The van der Waals surface area contributed by atoms with Crippen LogP contribution in [-0.4, -0.2) is 39.5 Å². The van der Waals surface area contributed by atoms with Gasteiger partial charge in [-0.25, -0.2) is 4.98 Å². The van der Waals surface area contributed by atoms with Gasteiger partial charge in [0.05, 0.1) is 18.1 Å². The van der Waals surface area contributed by atoms with Gasteiger partial charge in [0.2, 0.25) is 0 Å². The van der Waals surface area contributed by atoms with Gasteiger partial charge in [-0.2, -0.15) is 0 Å². The van der Waals surface area contributed by atoms with E-state index in [1.54, 1.807) is 18.2 Å². The largest absolute Gasteiger partial charge is 0.497 e. The van der Waals surface area contributed by atoms with Crippen LogP contribution in [-0.2, 0) is 16.8 Å². The number of nitrogens with zero attached hydrogens (tertiary/aromatic N) is 2. The standard InChI is InChI=1S/C17H22N2O5/c1-17(2,7-4-8-20)15-16(23)19(10-14(21)22)13-9-11(24-3)5-6-12(13)18-15/h5-6,9,20H,4,7-8,10H2,1-3H3,(H,21,22). The highest BCUT2D eigenvalue weighted by Gasteiger charge is 2.27. The molecular formula is C17H22N2O5. The maximum absolute atomic E-state index is 12.9. The third-order valence-corrected chi connectivity index (χ3v) is 4.05. The quantitative estimate of drug-likeness (QED) is 0.796. The average Bonchev–Trinajstić information content (AvgIpc) is 2.54. The predicted molar refractivity (Wildman–Crippen MR) is 89.5 cm³/mol. The first-order valence-corrected chi connectivity index (χ1v) is 7.72. The number of rotatable bonds is 7. The molecule has 0 unspecified atom stereocenters. The molecule has 1 aromatic heterocycles. The summed E-state index contributed by atoms with van der Waals surface area (Å²) in [6.45, 7) is 3.31. The molecule has 0 radical (unpaired) electrons. The van der Waals surface area contributed by atoms with E-state index in [1.807, 2.05) is 13.8 Å². The van der Waals surface area contributed by atoms with Gasteiger partial charge in [0.25, 0.3) is 5.56 Å². The summed E-state index contributed by atoms with van der Waals surface area (Å²) < 4.78 is 6.37. The Labute approximate surface area is 139 Å². The van der Waals surface area contributed by atoms with Crippen LogP contribution < -0.4 is 10.3 Å². The van der Waals surface area contributed by atoms with Crippen molar-refractivity contribution in [3.63, 3.8) is 0 Å². The molecule has 2 rings (SSSR count). The van der Waals surface area contributed by atoms with Gasteiger partial charge in [0, 0.05) is 18.1 Å². The number of fused-ring (bicyclic) bond motifs is 1. The highest BCUT2D eigenvalue weighted by atomic mass is 16.5. The predicted octanol–water partition coefficient (Wildman–Crippen LogP) is 1.54. The number of aromatic nitrogens is 2. The minimum absolute atomic E-state index is 0.0253. The van der Waals surface area contributed by atoms with E-state index in [9.17, 15) is 9.59 Å². The van der Waals surface area contributed by atoms with Gasteiger partial charge in [-0.1, -0.05) is 13.8 Å². The lowest BCUT2D eigenvalue weighted by Gasteiger charge is -2.24. The van der Waals surface area contributed by atoms with Crippen molar-refractivity contribution in [1.29, 1.82) is 0 Å². The van der Waals surface area contributed by atoms with E-state index in [2.05, 4.69) is 4.98 Å². The maximum atomic E-state index is 12.9. The Morgan fingerprint density at radius 2 is 2.08 bits per heavy atom. The number of ether oxygens (including phenoxy) is 1. The van der Waals surface area contributed by atoms with Gasteiger partial charge >= 0.3 is 5.97 Å². The number of aliphatic hydroxyl groups excluding tert-OH is 1. The van der Waals surface area contributed by atoms with E-state index in [0.717, 1.165) is 0 Å². The third kappa shape index (κ3) is 3.56. The van der Waals surface area contributed by atoms with E-state index >= 15 is 0 Å². The van der Waals surface area contributed by atoms with E-state index in [-0.39, 0.29) is 6.61 Å². The van der Waals surface area contributed by atoms with Crippen molar-refractivity contribution in [2.24, 2.45) is 0 Å². The van der Waals surface area contributed by atoms with Crippen molar-refractivity contribution in [1.82, 2.24) is 9.55 Å². The zero-order valence-corrected chi connectivity index (χ0v) is 14.1. The van der Waals surface area contributed by atoms with Gasteiger partial charge in [-0.3, -0.25) is 14.2 Å².